The van der Waals surface area contributed by atoms with E-state index in [9.17, 15) is 9.59 Å². The highest BCUT2D eigenvalue weighted by molar-refractivity contribution is 5.78. The number of carboxylic acids is 1. The molecule has 1 heterocycles. The molecule has 1 fully saturated rings. The van der Waals surface area contributed by atoms with Crippen LogP contribution in [0.15, 0.2) is 0 Å². The Kier molecular flexibility index (Phi) is 3.25. The van der Waals surface area contributed by atoms with Gasteiger partial charge in [0.25, 0.3) is 0 Å². The Balaban J connectivity index is 2.24. The molecule has 1 aliphatic rings. The van der Waals surface area contributed by atoms with Gasteiger partial charge in [-0.2, -0.15) is 0 Å². The topological polar surface area (TPSA) is 69.6 Å². The molecule has 5 heteroatoms. The SMILES string of the molecule is CN(CC(=O)O)CC1CCC(=O)N1. The van der Waals surface area contributed by atoms with E-state index in [2.05, 4.69) is 5.32 Å². The fraction of sp³-hybridized carbons (Fsp3) is 0.750. The quantitative estimate of drug-likeness (QED) is 0.608. The minimum Gasteiger partial charge on any atom is -0.480 e. The Hall–Kier alpha value is -1.10. The minimum atomic E-state index is -0.841. The van der Waals surface area contributed by atoms with Gasteiger partial charge < -0.3 is 10.4 Å². The summed E-state index contributed by atoms with van der Waals surface area (Å²) < 4.78 is 0. The van der Waals surface area contributed by atoms with Gasteiger partial charge in [0.2, 0.25) is 5.91 Å². The van der Waals surface area contributed by atoms with Crippen LogP contribution in [0.5, 0.6) is 0 Å². The molecule has 0 bridgehead atoms. The molecule has 1 atom stereocenters. The molecule has 1 rings (SSSR count). The molecule has 2 N–H and O–H groups in total. The number of nitrogens with one attached hydrogen (secondary N) is 1. The third-order valence-electron chi connectivity index (χ3n) is 2.02. The number of carbonyl (C=O) groups excluding carboxylic acids is 1. The Labute approximate surface area is 76.7 Å². The zero-order chi connectivity index (χ0) is 9.84. The van der Waals surface area contributed by atoms with Crippen LogP contribution in [0, 0.1) is 0 Å². The number of hydrogen-bond acceptors (Lipinski definition) is 3. The second-order valence-electron chi connectivity index (χ2n) is 3.39. The molecule has 0 aromatic rings. The van der Waals surface area contributed by atoms with Gasteiger partial charge in [-0.15, -0.1) is 0 Å². The summed E-state index contributed by atoms with van der Waals surface area (Å²) >= 11 is 0. The van der Waals surface area contributed by atoms with Crippen molar-refractivity contribution >= 4 is 11.9 Å². The van der Waals surface area contributed by atoms with Crippen LogP contribution in [0.3, 0.4) is 0 Å². The first-order valence-corrected chi connectivity index (χ1v) is 4.27. The van der Waals surface area contributed by atoms with Crippen LogP contribution in [-0.2, 0) is 9.59 Å². The highest BCUT2D eigenvalue weighted by Crippen LogP contribution is 2.06. The third kappa shape index (κ3) is 3.42. The number of rotatable bonds is 4. The van der Waals surface area contributed by atoms with Gasteiger partial charge in [0.05, 0.1) is 6.54 Å². The van der Waals surface area contributed by atoms with Crippen LogP contribution in [0.1, 0.15) is 12.8 Å². The standard InChI is InChI=1S/C8H14N2O3/c1-10(5-8(12)13)4-6-2-3-7(11)9-6/h6H,2-5H2,1H3,(H,9,11)(H,12,13). The van der Waals surface area contributed by atoms with Crippen LogP contribution in [0.4, 0.5) is 0 Å². The average molecular weight is 186 g/mol. The van der Waals surface area contributed by atoms with Crippen molar-refractivity contribution in [2.75, 3.05) is 20.1 Å². The fourth-order valence-electron chi connectivity index (χ4n) is 1.49. The van der Waals surface area contributed by atoms with E-state index in [0.717, 1.165) is 6.42 Å². The van der Waals surface area contributed by atoms with Gasteiger partial charge in [0.15, 0.2) is 0 Å². The summed E-state index contributed by atoms with van der Waals surface area (Å²) in [5, 5.41) is 11.3. The summed E-state index contributed by atoms with van der Waals surface area (Å²) in [6, 6.07) is 0.122. The molecule has 1 unspecified atom stereocenters. The first-order chi connectivity index (χ1) is 6.08. The van der Waals surface area contributed by atoms with Crippen molar-refractivity contribution in [1.29, 1.82) is 0 Å². The monoisotopic (exact) mass is 186 g/mol. The number of carbonyl (C=O) groups is 2. The van der Waals surface area contributed by atoms with E-state index in [1.165, 1.54) is 0 Å². The maximum Gasteiger partial charge on any atom is 0.317 e. The molecule has 0 radical (unpaired) electrons. The van der Waals surface area contributed by atoms with Gasteiger partial charge in [0.1, 0.15) is 0 Å². The Morgan fingerprint density at radius 3 is 2.92 bits per heavy atom. The molecular formula is C8H14N2O3. The second kappa shape index (κ2) is 4.23. The average Bonchev–Trinajstić information content (AvgIpc) is 2.33. The van der Waals surface area contributed by atoms with E-state index in [1.807, 2.05) is 0 Å². The molecule has 0 aliphatic carbocycles. The van der Waals surface area contributed by atoms with Crippen molar-refractivity contribution in [3.05, 3.63) is 0 Å². The van der Waals surface area contributed by atoms with E-state index in [4.69, 9.17) is 5.11 Å². The van der Waals surface area contributed by atoms with Crippen LogP contribution in [0.2, 0.25) is 0 Å². The first-order valence-electron chi connectivity index (χ1n) is 4.27. The van der Waals surface area contributed by atoms with Crippen molar-refractivity contribution < 1.29 is 14.7 Å². The van der Waals surface area contributed by atoms with Gasteiger partial charge in [-0.05, 0) is 13.5 Å². The number of nitrogens with zero attached hydrogens (tertiary/aromatic N) is 1. The zero-order valence-corrected chi connectivity index (χ0v) is 7.62. The summed E-state index contributed by atoms with van der Waals surface area (Å²) in [5.74, 6) is -0.777. The lowest BCUT2D eigenvalue weighted by molar-refractivity contribution is -0.138. The number of likely N-dealkylation sites (N-methyl/N-ethyl adjacent to an activating group) is 1. The predicted molar refractivity (Wildman–Crippen MR) is 46.3 cm³/mol. The lowest BCUT2D eigenvalue weighted by Gasteiger charge is -2.18. The van der Waals surface area contributed by atoms with E-state index in [0.29, 0.717) is 13.0 Å². The van der Waals surface area contributed by atoms with Crippen molar-refractivity contribution in [3.63, 3.8) is 0 Å². The highest BCUT2D eigenvalue weighted by Gasteiger charge is 2.22. The van der Waals surface area contributed by atoms with Crippen LogP contribution < -0.4 is 5.32 Å². The first kappa shape index (κ1) is 9.98. The summed E-state index contributed by atoms with van der Waals surface area (Å²) in [4.78, 5) is 22.8. The van der Waals surface area contributed by atoms with Gasteiger partial charge in [-0.3, -0.25) is 14.5 Å². The second-order valence-corrected chi connectivity index (χ2v) is 3.39. The maximum absolute atomic E-state index is 10.8. The minimum absolute atomic E-state index is 0.0202. The molecule has 5 nitrogen and oxygen atoms in total. The largest absolute Gasteiger partial charge is 0.480 e. The maximum atomic E-state index is 10.8. The zero-order valence-electron chi connectivity index (χ0n) is 7.62. The molecule has 1 aliphatic heterocycles. The Bertz CT molecular complexity index is 217. The van der Waals surface area contributed by atoms with E-state index in [1.54, 1.807) is 11.9 Å². The van der Waals surface area contributed by atoms with Crippen molar-refractivity contribution in [1.82, 2.24) is 10.2 Å². The normalized spacial score (nSPS) is 22.0. The summed E-state index contributed by atoms with van der Waals surface area (Å²) in [7, 11) is 1.73. The number of carboxylic acid groups (broad SMARTS) is 1. The van der Waals surface area contributed by atoms with Crippen LogP contribution >= 0.6 is 0 Å². The molecule has 1 saturated heterocycles. The molecule has 0 spiro atoms. The molecule has 74 valence electrons. The highest BCUT2D eigenvalue weighted by atomic mass is 16.4. The fourth-order valence-corrected chi connectivity index (χ4v) is 1.49. The van der Waals surface area contributed by atoms with Crippen molar-refractivity contribution in [2.45, 2.75) is 18.9 Å². The Morgan fingerprint density at radius 2 is 2.46 bits per heavy atom. The summed E-state index contributed by atoms with van der Waals surface area (Å²) in [5.41, 5.74) is 0. The predicted octanol–water partition coefficient (Wildman–Crippen LogP) is -0.719. The Morgan fingerprint density at radius 1 is 1.77 bits per heavy atom. The van der Waals surface area contributed by atoms with Gasteiger partial charge in [-0.1, -0.05) is 0 Å². The van der Waals surface area contributed by atoms with Crippen LogP contribution in [0.25, 0.3) is 0 Å². The van der Waals surface area contributed by atoms with Gasteiger partial charge in [-0.25, -0.2) is 0 Å². The van der Waals surface area contributed by atoms with E-state index >= 15 is 0 Å². The van der Waals surface area contributed by atoms with Gasteiger partial charge >= 0.3 is 5.97 Å². The van der Waals surface area contributed by atoms with Crippen molar-refractivity contribution in [2.24, 2.45) is 0 Å². The molecule has 0 aromatic heterocycles. The molecule has 0 aromatic carbocycles. The molecule has 13 heavy (non-hydrogen) atoms. The molecule has 0 saturated carbocycles. The molecular weight excluding hydrogens is 172 g/mol. The smallest absolute Gasteiger partial charge is 0.317 e. The lowest BCUT2D eigenvalue weighted by atomic mass is 10.2. The van der Waals surface area contributed by atoms with Gasteiger partial charge in [0, 0.05) is 19.0 Å². The van der Waals surface area contributed by atoms with E-state index in [-0.39, 0.29) is 18.5 Å². The lowest BCUT2D eigenvalue weighted by Crippen LogP contribution is -2.38. The number of hydrogen-bond donors (Lipinski definition) is 2. The molecule has 1 amide bonds. The summed E-state index contributed by atoms with van der Waals surface area (Å²) in [6.45, 7) is 0.629. The van der Waals surface area contributed by atoms with E-state index < -0.39 is 5.97 Å². The summed E-state index contributed by atoms with van der Waals surface area (Å²) in [6.07, 6.45) is 1.37. The third-order valence-corrected chi connectivity index (χ3v) is 2.02. The number of aliphatic carboxylic acids is 1. The van der Waals surface area contributed by atoms with Crippen molar-refractivity contribution in [3.8, 4) is 0 Å². The number of amides is 1. The van der Waals surface area contributed by atoms with Crippen LogP contribution in [-0.4, -0.2) is 48.1 Å².